The van der Waals surface area contributed by atoms with Crippen LogP contribution >= 0.6 is 0 Å². The van der Waals surface area contributed by atoms with Crippen LogP contribution in [0.3, 0.4) is 0 Å². The lowest BCUT2D eigenvalue weighted by Crippen LogP contribution is -2.56. The number of unbranched alkanes of at least 4 members (excludes halogenated alkanes) is 7. The Morgan fingerprint density at radius 3 is 2.27 bits per heavy atom. The van der Waals surface area contributed by atoms with Gasteiger partial charge in [-0.05, 0) is 52.9 Å². The fourth-order valence-electron chi connectivity index (χ4n) is 5.39. The van der Waals surface area contributed by atoms with Crippen molar-refractivity contribution in [2.24, 2.45) is 5.41 Å². The summed E-state index contributed by atoms with van der Waals surface area (Å²) in [5, 5.41) is 5.90. The summed E-state index contributed by atoms with van der Waals surface area (Å²) in [6.45, 7) is 12.2. The molecule has 0 radical (unpaired) electrons. The number of nitrogens with one attached hydrogen (secondary N) is 2. The van der Waals surface area contributed by atoms with Gasteiger partial charge in [-0.1, -0.05) is 77.7 Å². The molecule has 0 aromatic rings. The first-order chi connectivity index (χ1) is 18.9. The van der Waals surface area contributed by atoms with Gasteiger partial charge in [0.05, 0.1) is 19.1 Å². The van der Waals surface area contributed by atoms with Gasteiger partial charge < -0.3 is 24.8 Å². The number of rotatable bonds is 16. The van der Waals surface area contributed by atoms with Crippen molar-refractivity contribution in [3.63, 3.8) is 0 Å². The molecule has 40 heavy (non-hydrogen) atoms. The number of carbonyl (C=O) groups is 3. The second kappa shape index (κ2) is 17.1. The van der Waals surface area contributed by atoms with E-state index in [2.05, 4.69) is 17.6 Å². The number of hydrogen-bond acceptors (Lipinski definition) is 6. The third kappa shape index (κ3) is 12.7. The molecule has 0 spiro atoms. The van der Waals surface area contributed by atoms with Crippen LogP contribution in [0.25, 0.3) is 0 Å². The smallest absolute Gasteiger partial charge is 0.307 e. The fraction of sp³-hybridized carbons (Fsp3) is 0.844. The van der Waals surface area contributed by atoms with E-state index >= 15 is 0 Å². The molecule has 1 saturated carbocycles. The summed E-state index contributed by atoms with van der Waals surface area (Å²) in [6.07, 6.45) is 15.3. The van der Waals surface area contributed by atoms with E-state index in [0.717, 1.165) is 44.1 Å². The maximum atomic E-state index is 12.8. The molecule has 2 aliphatic rings. The van der Waals surface area contributed by atoms with Gasteiger partial charge in [-0.25, -0.2) is 0 Å². The van der Waals surface area contributed by atoms with Crippen molar-refractivity contribution in [1.82, 2.24) is 10.6 Å². The number of esters is 1. The van der Waals surface area contributed by atoms with Gasteiger partial charge in [0.1, 0.15) is 12.2 Å². The Hall–Kier alpha value is -1.93. The molecule has 8 heteroatoms. The van der Waals surface area contributed by atoms with Crippen molar-refractivity contribution in [1.29, 1.82) is 0 Å². The summed E-state index contributed by atoms with van der Waals surface area (Å²) in [6, 6.07) is -0.189. The second-order valence-electron chi connectivity index (χ2n) is 12.9. The van der Waals surface area contributed by atoms with Crippen molar-refractivity contribution in [2.45, 2.75) is 155 Å². The first-order valence-electron chi connectivity index (χ1n) is 15.7. The Kier molecular flexibility index (Phi) is 14.7. The second-order valence-corrected chi connectivity index (χ2v) is 12.9. The highest BCUT2D eigenvalue weighted by Crippen LogP contribution is 2.34. The molecule has 2 rings (SSSR count). The Morgan fingerprint density at radius 2 is 1.57 bits per heavy atom. The Bertz CT molecular complexity index is 837. The minimum absolute atomic E-state index is 0.0631. The van der Waals surface area contributed by atoms with Crippen LogP contribution in [0, 0.1) is 5.41 Å². The molecule has 230 valence electrons. The predicted octanol–water partition coefficient (Wildman–Crippen LogP) is 6.12. The Balaban J connectivity index is 1.71. The standard InChI is InChI=1S/C32H56N2O6/c1-7-8-9-10-11-12-13-14-17-24(2)22-27(35)34-25-18-15-16-19-26(25)39-28(36)20-21-33-30(37)29-31(3,4)23-38-32(5,6)40-29/h22,25-26,29H,7-21,23H2,1-6H3,(H,33,37)(H,34,35)/t25-,26-,29?/m0/s1. The third-order valence-corrected chi connectivity index (χ3v) is 7.88. The molecule has 3 atom stereocenters. The van der Waals surface area contributed by atoms with Crippen LogP contribution in [0.5, 0.6) is 0 Å². The monoisotopic (exact) mass is 564 g/mol. The summed E-state index contributed by atoms with van der Waals surface area (Å²) in [5.74, 6) is -1.58. The lowest BCUT2D eigenvalue weighted by molar-refractivity contribution is -0.304. The van der Waals surface area contributed by atoms with Gasteiger partial charge >= 0.3 is 5.97 Å². The lowest BCUT2D eigenvalue weighted by atomic mass is 9.85. The van der Waals surface area contributed by atoms with Crippen LogP contribution in [-0.2, 0) is 28.6 Å². The first-order valence-corrected chi connectivity index (χ1v) is 15.7. The molecule has 8 nitrogen and oxygen atoms in total. The summed E-state index contributed by atoms with van der Waals surface area (Å²) in [5.41, 5.74) is 0.609. The quantitative estimate of drug-likeness (QED) is 0.133. The summed E-state index contributed by atoms with van der Waals surface area (Å²) < 4.78 is 17.3. The van der Waals surface area contributed by atoms with E-state index in [-0.39, 0.29) is 42.9 Å². The van der Waals surface area contributed by atoms with Gasteiger partial charge in [0, 0.05) is 18.0 Å². The molecule has 1 aliphatic carbocycles. The summed E-state index contributed by atoms with van der Waals surface area (Å²) >= 11 is 0. The Morgan fingerprint density at radius 1 is 0.925 bits per heavy atom. The van der Waals surface area contributed by atoms with Crippen LogP contribution in [0.2, 0.25) is 0 Å². The van der Waals surface area contributed by atoms with Gasteiger partial charge in [-0.2, -0.15) is 0 Å². The first kappa shape index (κ1) is 34.3. The average molecular weight is 565 g/mol. The number of amides is 2. The van der Waals surface area contributed by atoms with E-state index in [1.165, 1.54) is 44.9 Å². The largest absolute Gasteiger partial charge is 0.460 e. The van der Waals surface area contributed by atoms with Crippen LogP contribution in [0.1, 0.15) is 131 Å². The van der Waals surface area contributed by atoms with Gasteiger partial charge in [-0.15, -0.1) is 0 Å². The zero-order valence-electron chi connectivity index (χ0n) is 26.1. The van der Waals surface area contributed by atoms with Gasteiger partial charge in [-0.3, -0.25) is 14.4 Å². The highest BCUT2D eigenvalue weighted by Gasteiger charge is 2.45. The Labute approximate surface area is 242 Å². The molecule has 1 unspecified atom stereocenters. The maximum Gasteiger partial charge on any atom is 0.307 e. The van der Waals surface area contributed by atoms with Crippen LogP contribution in [0.15, 0.2) is 11.6 Å². The van der Waals surface area contributed by atoms with Crippen LogP contribution in [0.4, 0.5) is 0 Å². The molecule has 1 saturated heterocycles. The van der Waals surface area contributed by atoms with E-state index in [1.54, 1.807) is 19.9 Å². The lowest BCUT2D eigenvalue weighted by Gasteiger charge is -2.44. The molecule has 2 N–H and O–H groups in total. The highest BCUT2D eigenvalue weighted by molar-refractivity contribution is 5.88. The van der Waals surface area contributed by atoms with Crippen molar-refractivity contribution >= 4 is 17.8 Å². The SMILES string of the molecule is CCCCCCCCCCC(C)=CC(=O)N[C@H]1CCCC[C@@H]1OC(=O)CCNC(=O)C1OC(C)(C)OCC1(C)C. The van der Waals surface area contributed by atoms with Crippen molar-refractivity contribution in [3.05, 3.63) is 11.6 Å². The average Bonchev–Trinajstić information content (AvgIpc) is 2.88. The number of ether oxygens (including phenoxy) is 3. The zero-order chi connectivity index (χ0) is 29.6. The van der Waals surface area contributed by atoms with Crippen LogP contribution in [-0.4, -0.2) is 55.0 Å². The molecular weight excluding hydrogens is 508 g/mol. The van der Waals surface area contributed by atoms with Gasteiger partial charge in [0.25, 0.3) is 0 Å². The van der Waals surface area contributed by atoms with E-state index in [0.29, 0.717) is 6.61 Å². The summed E-state index contributed by atoms with van der Waals surface area (Å²) in [4.78, 5) is 38.1. The molecule has 2 amide bonds. The maximum absolute atomic E-state index is 12.8. The molecular formula is C32H56N2O6. The minimum Gasteiger partial charge on any atom is -0.460 e. The predicted molar refractivity (Wildman–Crippen MR) is 158 cm³/mol. The van der Waals surface area contributed by atoms with E-state index in [9.17, 15) is 14.4 Å². The van der Waals surface area contributed by atoms with Crippen molar-refractivity contribution < 1.29 is 28.6 Å². The number of hydrogen-bond donors (Lipinski definition) is 2. The third-order valence-electron chi connectivity index (χ3n) is 7.88. The van der Waals surface area contributed by atoms with Crippen LogP contribution < -0.4 is 10.6 Å². The number of allylic oxidation sites excluding steroid dienone is 1. The fourth-order valence-corrected chi connectivity index (χ4v) is 5.39. The molecule has 0 aromatic carbocycles. The van der Waals surface area contributed by atoms with Crippen molar-refractivity contribution in [3.8, 4) is 0 Å². The molecule has 0 aromatic heterocycles. The number of carbonyl (C=O) groups excluding carboxylic acids is 3. The zero-order valence-corrected chi connectivity index (χ0v) is 26.1. The molecule has 1 heterocycles. The van der Waals surface area contributed by atoms with E-state index < -0.39 is 17.3 Å². The minimum atomic E-state index is -0.835. The highest BCUT2D eigenvalue weighted by atomic mass is 16.7. The molecule has 0 bridgehead atoms. The topological polar surface area (TPSA) is 103 Å². The van der Waals surface area contributed by atoms with Crippen molar-refractivity contribution in [2.75, 3.05) is 13.2 Å². The normalized spacial score (nSPS) is 24.2. The molecule has 2 fully saturated rings. The van der Waals surface area contributed by atoms with Gasteiger partial charge in [0.15, 0.2) is 5.79 Å². The van der Waals surface area contributed by atoms with Gasteiger partial charge in [0.2, 0.25) is 11.8 Å². The van der Waals surface area contributed by atoms with E-state index in [1.807, 2.05) is 20.8 Å². The van der Waals surface area contributed by atoms with E-state index in [4.69, 9.17) is 14.2 Å². The molecule has 1 aliphatic heterocycles. The summed E-state index contributed by atoms with van der Waals surface area (Å²) in [7, 11) is 0.